The molecule has 2 heterocycles. The molecule has 0 spiro atoms. The van der Waals surface area contributed by atoms with E-state index >= 15 is 0 Å². The lowest BCUT2D eigenvalue weighted by Gasteiger charge is -2.07. The number of nitrogens with one attached hydrogen (secondary N) is 1. The number of aromatic nitrogens is 5. The van der Waals surface area contributed by atoms with E-state index in [9.17, 15) is 4.79 Å². The minimum atomic E-state index is -0.0612. The number of para-hydroxylation sites is 1. The molecule has 1 saturated carbocycles. The van der Waals surface area contributed by atoms with E-state index in [0.29, 0.717) is 11.2 Å². The van der Waals surface area contributed by atoms with Crippen molar-refractivity contribution in [1.82, 2.24) is 24.8 Å². The van der Waals surface area contributed by atoms with Gasteiger partial charge in [0.1, 0.15) is 0 Å². The van der Waals surface area contributed by atoms with Crippen molar-refractivity contribution in [3.05, 3.63) is 42.5 Å². The van der Waals surface area contributed by atoms with E-state index in [1.807, 2.05) is 16.8 Å². The van der Waals surface area contributed by atoms with Crippen LogP contribution < -0.4 is 5.32 Å². The van der Waals surface area contributed by atoms with Crippen molar-refractivity contribution in [3.63, 3.8) is 0 Å². The number of aryl methyl sites for hydroxylation is 1. The standard InChI is InChI=1S/C20H20N6OS/c1-2-25-17-6-4-3-5-15(17)16-11-13(7-10-18(16)25)21-19(27)12-28-20-22-23-24-26(20)14-8-9-14/h3-7,10-11,14H,2,8-9,12H2,1H3,(H,21,27). The van der Waals surface area contributed by atoms with E-state index in [1.54, 1.807) is 0 Å². The van der Waals surface area contributed by atoms with Gasteiger partial charge < -0.3 is 9.88 Å². The normalized spacial score (nSPS) is 14.0. The average Bonchev–Trinajstić information content (AvgIpc) is 3.36. The zero-order chi connectivity index (χ0) is 19.1. The molecule has 28 heavy (non-hydrogen) atoms. The highest BCUT2D eigenvalue weighted by atomic mass is 32.2. The molecule has 5 rings (SSSR count). The van der Waals surface area contributed by atoms with Gasteiger partial charge in [-0.1, -0.05) is 30.0 Å². The van der Waals surface area contributed by atoms with Crippen LogP contribution >= 0.6 is 11.8 Å². The molecule has 2 aromatic carbocycles. The lowest BCUT2D eigenvalue weighted by molar-refractivity contribution is -0.113. The smallest absolute Gasteiger partial charge is 0.234 e. The molecule has 0 saturated heterocycles. The van der Waals surface area contributed by atoms with Gasteiger partial charge in [0, 0.05) is 34.0 Å². The van der Waals surface area contributed by atoms with Crippen molar-refractivity contribution in [1.29, 1.82) is 0 Å². The summed E-state index contributed by atoms with van der Waals surface area (Å²) >= 11 is 1.37. The molecule has 1 N–H and O–H groups in total. The Morgan fingerprint density at radius 1 is 1.18 bits per heavy atom. The Labute approximate surface area is 166 Å². The molecule has 4 aromatic rings. The van der Waals surface area contributed by atoms with Gasteiger partial charge in [-0.3, -0.25) is 4.79 Å². The number of fused-ring (bicyclic) bond motifs is 3. The number of nitrogens with zero attached hydrogens (tertiary/aromatic N) is 5. The van der Waals surface area contributed by atoms with E-state index in [1.165, 1.54) is 28.2 Å². The van der Waals surface area contributed by atoms with E-state index in [2.05, 4.69) is 62.7 Å². The summed E-state index contributed by atoms with van der Waals surface area (Å²) in [6.07, 6.45) is 2.21. The molecule has 1 amide bonds. The highest BCUT2D eigenvalue weighted by Crippen LogP contribution is 2.36. The average molecular weight is 392 g/mol. The maximum absolute atomic E-state index is 12.5. The Balaban J connectivity index is 1.35. The summed E-state index contributed by atoms with van der Waals surface area (Å²) in [5, 5.41) is 17.8. The first-order chi connectivity index (χ1) is 13.7. The second-order valence-electron chi connectivity index (χ2n) is 6.97. The molecular formula is C20H20N6OS. The number of hydrogen-bond donors (Lipinski definition) is 1. The van der Waals surface area contributed by atoms with Crippen LogP contribution in [-0.2, 0) is 11.3 Å². The van der Waals surface area contributed by atoms with Gasteiger partial charge in [-0.2, -0.15) is 0 Å². The number of hydrogen-bond acceptors (Lipinski definition) is 5. The Morgan fingerprint density at radius 2 is 2.00 bits per heavy atom. The number of anilines is 1. The Kier molecular flexibility index (Phi) is 4.27. The molecule has 1 aliphatic carbocycles. The Hall–Kier alpha value is -2.87. The van der Waals surface area contributed by atoms with Crippen LogP contribution in [0.25, 0.3) is 21.8 Å². The fourth-order valence-corrected chi connectivity index (χ4v) is 4.37. The predicted molar refractivity (Wildman–Crippen MR) is 111 cm³/mol. The third-order valence-electron chi connectivity index (χ3n) is 5.06. The van der Waals surface area contributed by atoms with Gasteiger partial charge in [0.25, 0.3) is 0 Å². The zero-order valence-electron chi connectivity index (χ0n) is 15.5. The first-order valence-corrected chi connectivity index (χ1v) is 10.4. The minimum Gasteiger partial charge on any atom is -0.341 e. The molecule has 0 aliphatic heterocycles. The van der Waals surface area contributed by atoms with Crippen molar-refractivity contribution >= 4 is 45.2 Å². The van der Waals surface area contributed by atoms with Crippen LogP contribution in [0.15, 0.2) is 47.6 Å². The summed E-state index contributed by atoms with van der Waals surface area (Å²) in [6, 6.07) is 14.9. The van der Waals surface area contributed by atoms with Gasteiger partial charge >= 0.3 is 0 Å². The van der Waals surface area contributed by atoms with Crippen LogP contribution in [0.1, 0.15) is 25.8 Å². The molecule has 7 nitrogen and oxygen atoms in total. The number of amides is 1. The van der Waals surface area contributed by atoms with Crippen LogP contribution in [0.4, 0.5) is 5.69 Å². The first-order valence-electron chi connectivity index (χ1n) is 9.46. The molecule has 0 atom stereocenters. The molecule has 8 heteroatoms. The van der Waals surface area contributed by atoms with Gasteiger partial charge in [-0.25, -0.2) is 4.68 Å². The second kappa shape index (κ2) is 6.94. The summed E-state index contributed by atoms with van der Waals surface area (Å²) in [5.74, 6) is 0.218. The van der Waals surface area contributed by atoms with Gasteiger partial charge in [0.15, 0.2) is 0 Å². The largest absolute Gasteiger partial charge is 0.341 e. The summed E-state index contributed by atoms with van der Waals surface area (Å²) < 4.78 is 4.12. The SMILES string of the molecule is CCn1c2ccccc2c2cc(NC(=O)CSc3nnnn3C3CC3)ccc21. The highest BCUT2D eigenvalue weighted by molar-refractivity contribution is 7.99. The predicted octanol–water partition coefficient (Wildman–Crippen LogP) is 3.87. The van der Waals surface area contributed by atoms with Crippen molar-refractivity contribution in [2.24, 2.45) is 0 Å². The van der Waals surface area contributed by atoms with E-state index in [4.69, 9.17) is 0 Å². The lowest BCUT2D eigenvalue weighted by Crippen LogP contribution is -2.14. The third-order valence-corrected chi connectivity index (χ3v) is 5.99. The molecule has 0 radical (unpaired) electrons. The van der Waals surface area contributed by atoms with Gasteiger partial charge in [-0.05, 0) is 54.5 Å². The molecule has 0 bridgehead atoms. The second-order valence-corrected chi connectivity index (χ2v) is 7.91. The quantitative estimate of drug-likeness (QED) is 0.504. The monoisotopic (exact) mass is 392 g/mol. The summed E-state index contributed by atoms with van der Waals surface area (Å²) in [6.45, 7) is 3.05. The maximum atomic E-state index is 12.5. The number of carbonyl (C=O) groups excluding carboxylic acids is 1. The van der Waals surface area contributed by atoms with Crippen LogP contribution in [0.5, 0.6) is 0 Å². The molecule has 1 fully saturated rings. The number of carbonyl (C=O) groups is 1. The van der Waals surface area contributed by atoms with Crippen molar-refractivity contribution in [3.8, 4) is 0 Å². The fraction of sp³-hybridized carbons (Fsp3) is 0.300. The number of tetrazole rings is 1. The van der Waals surface area contributed by atoms with Crippen molar-refractivity contribution in [2.75, 3.05) is 11.1 Å². The highest BCUT2D eigenvalue weighted by Gasteiger charge is 2.28. The van der Waals surface area contributed by atoms with E-state index in [0.717, 1.165) is 30.5 Å². The Bertz CT molecular complexity index is 1180. The topological polar surface area (TPSA) is 77.6 Å². The maximum Gasteiger partial charge on any atom is 0.234 e. The van der Waals surface area contributed by atoms with E-state index < -0.39 is 0 Å². The molecular weight excluding hydrogens is 372 g/mol. The molecule has 2 aromatic heterocycles. The first kappa shape index (κ1) is 17.2. The third kappa shape index (κ3) is 3.03. The minimum absolute atomic E-state index is 0.0612. The van der Waals surface area contributed by atoms with Gasteiger partial charge in [-0.15, -0.1) is 5.10 Å². The van der Waals surface area contributed by atoms with Gasteiger partial charge in [0.05, 0.1) is 11.8 Å². The summed E-state index contributed by atoms with van der Waals surface area (Å²) in [7, 11) is 0. The molecule has 1 aliphatic rings. The lowest BCUT2D eigenvalue weighted by atomic mass is 10.1. The van der Waals surface area contributed by atoms with Crippen molar-refractivity contribution in [2.45, 2.75) is 37.5 Å². The molecule has 142 valence electrons. The summed E-state index contributed by atoms with van der Waals surface area (Å²) in [5.41, 5.74) is 3.20. The fourth-order valence-electron chi connectivity index (χ4n) is 3.63. The summed E-state index contributed by atoms with van der Waals surface area (Å²) in [4.78, 5) is 12.5. The van der Waals surface area contributed by atoms with Gasteiger partial charge in [0.2, 0.25) is 11.1 Å². The van der Waals surface area contributed by atoms with Crippen LogP contribution in [0.3, 0.4) is 0 Å². The Morgan fingerprint density at radius 3 is 2.82 bits per heavy atom. The van der Waals surface area contributed by atoms with E-state index in [-0.39, 0.29) is 11.7 Å². The number of rotatable bonds is 6. The number of thioether (sulfide) groups is 1. The zero-order valence-corrected chi connectivity index (χ0v) is 16.3. The number of benzene rings is 2. The van der Waals surface area contributed by atoms with Crippen LogP contribution in [0.2, 0.25) is 0 Å². The van der Waals surface area contributed by atoms with Crippen LogP contribution in [-0.4, -0.2) is 36.4 Å². The van der Waals surface area contributed by atoms with Crippen LogP contribution in [0, 0.1) is 0 Å². The van der Waals surface area contributed by atoms with Crippen molar-refractivity contribution < 1.29 is 4.79 Å². The molecule has 0 unspecified atom stereocenters.